The molecule has 0 saturated heterocycles. The summed E-state index contributed by atoms with van der Waals surface area (Å²) >= 11 is 12.0. The minimum atomic E-state index is -0.170. The van der Waals surface area contributed by atoms with Crippen LogP contribution in [-0.2, 0) is 11.2 Å². The van der Waals surface area contributed by atoms with Gasteiger partial charge in [-0.25, -0.2) is 9.67 Å². The zero-order valence-corrected chi connectivity index (χ0v) is 14.8. The van der Waals surface area contributed by atoms with E-state index in [9.17, 15) is 4.79 Å². The third kappa shape index (κ3) is 3.52. The third-order valence-electron chi connectivity index (χ3n) is 3.57. The highest BCUT2D eigenvalue weighted by atomic mass is 35.5. The second-order valence-corrected chi connectivity index (χ2v) is 6.62. The number of fused-ring (bicyclic) bond motifs is 1. The average Bonchev–Trinajstić information content (AvgIpc) is 2.93. The fourth-order valence-corrected chi connectivity index (χ4v) is 2.90. The van der Waals surface area contributed by atoms with Crippen molar-refractivity contribution in [2.75, 3.05) is 5.32 Å². The van der Waals surface area contributed by atoms with Gasteiger partial charge in [-0.1, -0.05) is 29.3 Å². The smallest absolute Gasteiger partial charge is 0.228 e. The maximum atomic E-state index is 12.2. The van der Waals surface area contributed by atoms with Crippen molar-refractivity contribution in [1.29, 1.82) is 0 Å². The van der Waals surface area contributed by atoms with E-state index in [0.717, 1.165) is 16.6 Å². The van der Waals surface area contributed by atoms with Crippen LogP contribution in [0.15, 0.2) is 36.7 Å². The van der Waals surface area contributed by atoms with Crippen LogP contribution < -0.4 is 5.32 Å². The van der Waals surface area contributed by atoms with Crippen LogP contribution in [-0.4, -0.2) is 20.7 Å². The Morgan fingerprint density at radius 2 is 2.04 bits per heavy atom. The lowest BCUT2D eigenvalue weighted by atomic mass is 10.1. The van der Waals surface area contributed by atoms with Gasteiger partial charge in [0.2, 0.25) is 5.91 Å². The summed E-state index contributed by atoms with van der Waals surface area (Å²) in [7, 11) is 0. The van der Waals surface area contributed by atoms with Gasteiger partial charge in [0.25, 0.3) is 0 Å². The molecule has 7 heteroatoms. The summed E-state index contributed by atoms with van der Waals surface area (Å²) in [6, 6.07) is 7.17. The molecule has 0 aliphatic carbocycles. The van der Waals surface area contributed by atoms with Gasteiger partial charge in [-0.05, 0) is 37.6 Å². The van der Waals surface area contributed by atoms with Gasteiger partial charge >= 0.3 is 0 Å². The van der Waals surface area contributed by atoms with Crippen LogP contribution in [0.25, 0.3) is 11.0 Å². The van der Waals surface area contributed by atoms with Gasteiger partial charge in [0, 0.05) is 21.5 Å². The van der Waals surface area contributed by atoms with Gasteiger partial charge in [-0.2, -0.15) is 5.10 Å². The van der Waals surface area contributed by atoms with E-state index in [1.807, 2.05) is 24.6 Å². The molecule has 0 aliphatic rings. The van der Waals surface area contributed by atoms with E-state index in [1.54, 1.807) is 30.6 Å². The number of carbonyl (C=O) groups excluding carboxylic acids is 1. The van der Waals surface area contributed by atoms with Gasteiger partial charge in [-0.3, -0.25) is 4.79 Å². The van der Waals surface area contributed by atoms with Crippen LogP contribution in [0.1, 0.15) is 25.5 Å². The molecular formula is C17H16Cl2N4O. The Hall–Kier alpha value is -2.11. The second kappa shape index (κ2) is 6.79. The maximum Gasteiger partial charge on any atom is 0.228 e. The number of halogens is 2. The normalized spacial score (nSPS) is 11.2. The van der Waals surface area contributed by atoms with E-state index in [-0.39, 0.29) is 18.4 Å². The molecule has 1 aromatic carbocycles. The number of carbonyl (C=O) groups is 1. The maximum absolute atomic E-state index is 12.2. The molecule has 24 heavy (non-hydrogen) atoms. The highest BCUT2D eigenvalue weighted by Crippen LogP contribution is 2.22. The van der Waals surface area contributed by atoms with Crippen molar-refractivity contribution in [3.8, 4) is 0 Å². The first-order chi connectivity index (χ1) is 11.4. The van der Waals surface area contributed by atoms with E-state index in [1.165, 1.54) is 0 Å². The van der Waals surface area contributed by atoms with E-state index >= 15 is 0 Å². The Bertz CT molecular complexity index is 905. The molecule has 0 aliphatic heterocycles. The zero-order chi connectivity index (χ0) is 17.3. The predicted molar refractivity (Wildman–Crippen MR) is 96.7 cm³/mol. The van der Waals surface area contributed by atoms with Crippen molar-refractivity contribution in [3.05, 3.63) is 52.3 Å². The van der Waals surface area contributed by atoms with E-state index in [2.05, 4.69) is 15.4 Å². The third-order valence-corrected chi connectivity index (χ3v) is 4.16. The fraction of sp³-hybridized carbons (Fsp3) is 0.235. The molecule has 3 rings (SSSR count). The molecule has 2 aromatic heterocycles. The van der Waals surface area contributed by atoms with Crippen molar-refractivity contribution in [2.45, 2.75) is 26.3 Å². The van der Waals surface area contributed by atoms with Crippen molar-refractivity contribution in [1.82, 2.24) is 14.8 Å². The molecule has 3 aromatic rings. The Morgan fingerprint density at radius 3 is 2.75 bits per heavy atom. The summed E-state index contributed by atoms with van der Waals surface area (Å²) in [4.78, 5) is 16.6. The summed E-state index contributed by atoms with van der Waals surface area (Å²) in [6.07, 6.45) is 3.54. The zero-order valence-electron chi connectivity index (χ0n) is 13.3. The predicted octanol–water partition coefficient (Wildman–Crippen LogP) is 4.50. The quantitative estimate of drug-likeness (QED) is 0.743. The minimum Gasteiger partial charge on any atom is -0.324 e. The van der Waals surface area contributed by atoms with Crippen LogP contribution in [0.3, 0.4) is 0 Å². The summed E-state index contributed by atoms with van der Waals surface area (Å²) < 4.78 is 1.84. The van der Waals surface area contributed by atoms with Crippen LogP contribution in [0.5, 0.6) is 0 Å². The lowest BCUT2D eigenvalue weighted by molar-refractivity contribution is -0.115. The first-order valence-electron chi connectivity index (χ1n) is 7.51. The van der Waals surface area contributed by atoms with Crippen molar-refractivity contribution in [2.24, 2.45) is 0 Å². The van der Waals surface area contributed by atoms with Gasteiger partial charge in [-0.15, -0.1) is 0 Å². The molecule has 0 atom stereocenters. The van der Waals surface area contributed by atoms with Gasteiger partial charge in [0.1, 0.15) is 0 Å². The molecule has 0 radical (unpaired) electrons. The summed E-state index contributed by atoms with van der Waals surface area (Å²) in [5.74, 6) is -0.170. The monoisotopic (exact) mass is 362 g/mol. The fourth-order valence-electron chi connectivity index (χ4n) is 2.43. The molecule has 5 nitrogen and oxygen atoms in total. The molecule has 1 N–H and O–H groups in total. The van der Waals surface area contributed by atoms with Crippen LogP contribution >= 0.6 is 23.2 Å². The van der Waals surface area contributed by atoms with Crippen molar-refractivity contribution in [3.63, 3.8) is 0 Å². The lowest BCUT2D eigenvalue weighted by Crippen LogP contribution is -2.14. The Labute approximate surface area is 149 Å². The molecule has 0 bridgehead atoms. The Balaban J connectivity index is 1.75. The van der Waals surface area contributed by atoms with Gasteiger partial charge < -0.3 is 5.32 Å². The van der Waals surface area contributed by atoms with Gasteiger partial charge in [0.05, 0.1) is 24.5 Å². The number of nitrogens with zero attached hydrogens (tertiary/aromatic N) is 3. The summed E-state index contributed by atoms with van der Waals surface area (Å²) in [6.45, 7) is 4.08. The number of aromatic nitrogens is 3. The van der Waals surface area contributed by atoms with Crippen LogP contribution in [0, 0.1) is 0 Å². The first-order valence-corrected chi connectivity index (χ1v) is 8.26. The highest BCUT2D eigenvalue weighted by molar-refractivity contribution is 6.35. The Morgan fingerprint density at radius 1 is 1.25 bits per heavy atom. The van der Waals surface area contributed by atoms with Gasteiger partial charge in [0.15, 0.2) is 5.65 Å². The molecule has 1 amide bonds. The minimum absolute atomic E-state index is 0.166. The molecule has 0 spiro atoms. The topological polar surface area (TPSA) is 59.8 Å². The SMILES string of the molecule is CC(C)n1ncc2cc(NC(=O)Cc3ccc(Cl)cc3Cl)cnc21. The van der Waals surface area contributed by atoms with E-state index in [0.29, 0.717) is 15.7 Å². The molecule has 0 unspecified atom stereocenters. The first kappa shape index (κ1) is 16.7. The summed E-state index contributed by atoms with van der Waals surface area (Å²) in [5, 5.41) is 9.05. The van der Waals surface area contributed by atoms with Crippen LogP contribution in [0.2, 0.25) is 10.0 Å². The molecule has 124 valence electrons. The molecule has 0 saturated carbocycles. The highest BCUT2D eigenvalue weighted by Gasteiger charge is 2.11. The average molecular weight is 363 g/mol. The molecule has 0 fully saturated rings. The molecular weight excluding hydrogens is 347 g/mol. The number of amides is 1. The molecule has 2 heterocycles. The van der Waals surface area contributed by atoms with Crippen LogP contribution in [0.4, 0.5) is 5.69 Å². The standard InChI is InChI=1S/C17H16Cl2N4O/c1-10(2)23-17-12(8-21-23)5-14(9-20-17)22-16(24)6-11-3-4-13(18)7-15(11)19/h3-5,7-10H,6H2,1-2H3,(H,22,24). The number of hydrogen-bond donors (Lipinski definition) is 1. The largest absolute Gasteiger partial charge is 0.324 e. The van der Waals surface area contributed by atoms with E-state index in [4.69, 9.17) is 23.2 Å². The summed E-state index contributed by atoms with van der Waals surface area (Å²) in [5.41, 5.74) is 2.14. The number of benzene rings is 1. The van der Waals surface area contributed by atoms with E-state index < -0.39 is 0 Å². The number of pyridine rings is 1. The Kier molecular flexibility index (Phi) is 4.73. The lowest BCUT2D eigenvalue weighted by Gasteiger charge is -2.08. The second-order valence-electron chi connectivity index (χ2n) is 5.78. The number of anilines is 1. The number of hydrogen-bond acceptors (Lipinski definition) is 3. The van der Waals surface area contributed by atoms with Crippen molar-refractivity contribution < 1.29 is 4.79 Å². The number of nitrogens with one attached hydrogen (secondary N) is 1. The van der Waals surface area contributed by atoms with Crippen molar-refractivity contribution >= 4 is 45.8 Å². The number of rotatable bonds is 4.